The van der Waals surface area contributed by atoms with Gasteiger partial charge < -0.3 is 5.32 Å². The Hall–Kier alpha value is -1.41. The minimum atomic E-state index is -3.58. The molecular formula is C15H14Cl2N2O3S2. The lowest BCUT2D eigenvalue weighted by molar-refractivity contribution is -0.115. The quantitative estimate of drug-likeness (QED) is 0.736. The number of hydrogen-bond acceptors (Lipinski definition) is 5. The fourth-order valence-corrected chi connectivity index (χ4v) is 4.05. The molecule has 0 radical (unpaired) electrons. The van der Waals surface area contributed by atoms with Crippen LogP contribution in [-0.4, -0.2) is 30.3 Å². The number of nitrogens with one attached hydrogen (secondary N) is 1. The van der Waals surface area contributed by atoms with Crippen LogP contribution in [0.2, 0.25) is 10.0 Å². The monoisotopic (exact) mass is 404 g/mol. The Morgan fingerprint density at radius 3 is 2.79 bits per heavy atom. The summed E-state index contributed by atoms with van der Waals surface area (Å²) in [5.41, 5.74) is 1.24. The Morgan fingerprint density at radius 1 is 1.46 bits per heavy atom. The first-order valence-electron chi connectivity index (χ1n) is 6.79. The number of benzene rings is 1. The van der Waals surface area contributed by atoms with Crippen molar-refractivity contribution in [1.82, 2.24) is 4.98 Å². The standard InChI is InChI=1S/C15H14Cl2N2O3S2/c1-3-6-24(21,22)9(2)14(20)19-15-18-13(8-23-15)11-5-4-10(16)7-12(11)17/h3-5,7-9H,1,6H2,2H3,(H,18,19,20). The predicted octanol–water partition coefficient (Wildman–Crippen LogP) is 4.04. The summed E-state index contributed by atoms with van der Waals surface area (Å²) in [7, 11) is -3.58. The maximum absolute atomic E-state index is 12.1. The van der Waals surface area contributed by atoms with Gasteiger partial charge in [-0.25, -0.2) is 13.4 Å². The summed E-state index contributed by atoms with van der Waals surface area (Å²) < 4.78 is 23.8. The van der Waals surface area contributed by atoms with Crippen molar-refractivity contribution in [3.63, 3.8) is 0 Å². The predicted molar refractivity (Wildman–Crippen MR) is 99.6 cm³/mol. The molecule has 1 amide bonds. The number of carbonyl (C=O) groups excluding carboxylic acids is 1. The molecule has 0 bridgehead atoms. The third-order valence-electron chi connectivity index (χ3n) is 3.20. The van der Waals surface area contributed by atoms with Gasteiger partial charge in [-0.15, -0.1) is 17.9 Å². The lowest BCUT2D eigenvalue weighted by atomic mass is 10.2. The van der Waals surface area contributed by atoms with Crippen LogP contribution in [0.4, 0.5) is 5.13 Å². The van der Waals surface area contributed by atoms with Crippen LogP contribution in [0.15, 0.2) is 36.2 Å². The van der Waals surface area contributed by atoms with E-state index in [0.29, 0.717) is 26.4 Å². The average molecular weight is 405 g/mol. The van der Waals surface area contributed by atoms with E-state index in [2.05, 4.69) is 16.9 Å². The second kappa shape index (κ2) is 7.65. The number of nitrogens with zero attached hydrogens (tertiary/aromatic N) is 1. The van der Waals surface area contributed by atoms with E-state index in [1.165, 1.54) is 24.3 Å². The zero-order valence-electron chi connectivity index (χ0n) is 12.6. The third kappa shape index (κ3) is 4.36. The molecule has 1 aromatic carbocycles. The molecule has 0 aliphatic carbocycles. The molecule has 24 heavy (non-hydrogen) atoms. The molecule has 2 rings (SSSR count). The van der Waals surface area contributed by atoms with E-state index in [9.17, 15) is 13.2 Å². The van der Waals surface area contributed by atoms with Crippen LogP contribution in [0.5, 0.6) is 0 Å². The first-order chi connectivity index (χ1) is 11.2. The molecule has 1 unspecified atom stereocenters. The molecule has 1 N–H and O–H groups in total. The van der Waals surface area contributed by atoms with Crippen LogP contribution in [0.3, 0.4) is 0 Å². The number of hydrogen-bond donors (Lipinski definition) is 1. The number of rotatable bonds is 6. The molecule has 1 aromatic heterocycles. The normalized spacial score (nSPS) is 12.6. The van der Waals surface area contributed by atoms with Gasteiger partial charge in [0.25, 0.3) is 0 Å². The fourth-order valence-electron chi connectivity index (χ4n) is 1.83. The summed E-state index contributed by atoms with van der Waals surface area (Å²) in [6, 6.07) is 5.01. The molecule has 9 heteroatoms. The summed E-state index contributed by atoms with van der Waals surface area (Å²) in [6.07, 6.45) is 1.25. The molecule has 0 aliphatic heterocycles. The molecule has 128 valence electrons. The van der Waals surface area contributed by atoms with Crippen LogP contribution in [0, 0.1) is 0 Å². The number of sulfone groups is 1. The zero-order chi connectivity index (χ0) is 17.9. The summed E-state index contributed by atoms with van der Waals surface area (Å²) in [6.45, 7) is 4.71. The average Bonchev–Trinajstić information content (AvgIpc) is 2.94. The van der Waals surface area contributed by atoms with Crippen molar-refractivity contribution in [2.75, 3.05) is 11.1 Å². The molecule has 0 spiro atoms. The van der Waals surface area contributed by atoms with Gasteiger partial charge in [0, 0.05) is 16.0 Å². The Kier molecular flexibility index (Phi) is 6.03. The van der Waals surface area contributed by atoms with Crippen LogP contribution >= 0.6 is 34.5 Å². The van der Waals surface area contributed by atoms with Gasteiger partial charge in [0.2, 0.25) is 5.91 Å². The lowest BCUT2D eigenvalue weighted by Gasteiger charge is -2.10. The summed E-state index contributed by atoms with van der Waals surface area (Å²) in [5, 5.41) is 4.28. The van der Waals surface area contributed by atoms with E-state index in [-0.39, 0.29) is 5.75 Å². The molecule has 0 saturated heterocycles. The van der Waals surface area contributed by atoms with Gasteiger partial charge in [0.15, 0.2) is 15.0 Å². The van der Waals surface area contributed by atoms with Gasteiger partial charge in [0.1, 0.15) is 5.25 Å². The minimum absolute atomic E-state index is 0.259. The van der Waals surface area contributed by atoms with Gasteiger partial charge in [-0.2, -0.15) is 0 Å². The number of amides is 1. The number of thiazole rings is 1. The molecule has 0 aliphatic rings. The Balaban J connectivity index is 2.17. The van der Waals surface area contributed by atoms with E-state index in [0.717, 1.165) is 0 Å². The first-order valence-corrected chi connectivity index (χ1v) is 10.1. The van der Waals surface area contributed by atoms with Crippen molar-refractivity contribution in [3.8, 4) is 11.3 Å². The van der Waals surface area contributed by atoms with Crippen LogP contribution in [-0.2, 0) is 14.6 Å². The summed E-state index contributed by atoms with van der Waals surface area (Å²) >= 11 is 13.2. The molecule has 1 atom stereocenters. The topological polar surface area (TPSA) is 76.1 Å². The largest absolute Gasteiger partial charge is 0.301 e. The first kappa shape index (κ1) is 18.9. The number of halogens is 2. The smallest absolute Gasteiger partial charge is 0.244 e. The van der Waals surface area contributed by atoms with Crippen molar-refractivity contribution in [3.05, 3.63) is 46.3 Å². The van der Waals surface area contributed by atoms with Crippen LogP contribution in [0.1, 0.15) is 6.92 Å². The van der Waals surface area contributed by atoms with E-state index in [1.54, 1.807) is 23.6 Å². The van der Waals surface area contributed by atoms with Crippen molar-refractivity contribution in [1.29, 1.82) is 0 Å². The van der Waals surface area contributed by atoms with Gasteiger partial charge >= 0.3 is 0 Å². The van der Waals surface area contributed by atoms with E-state index in [4.69, 9.17) is 23.2 Å². The van der Waals surface area contributed by atoms with Crippen molar-refractivity contribution in [2.24, 2.45) is 0 Å². The highest BCUT2D eigenvalue weighted by Crippen LogP contribution is 2.32. The van der Waals surface area contributed by atoms with Crippen molar-refractivity contribution < 1.29 is 13.2 Å². The third-order valence-corrected chi connectivity index (χ3v) is 6.50. The number of aromatic nitrogens is 1. The van der Waals surface area contributed by atoms with Crippen LogP contribution < -0.4 is 5.32 Å². The second-order valence-electron chi connectivity index (χ2n) is 4.91. The van der Waals surface area contributed by atoms with E-state index < -0.39 is 21.0 Å². The fraction of sp³-hybridized carbons (Fsp3) is 0.200. The summed E-state index contributed by atoms with van der Waals surface area (Å²) in [5.74, 6) is -0.898. The van der Waals surface area contributed by atoms with Crippen LogP contribution in [0.25, 0.3) is 11.3 Å². The van der Waals surface area contributed by atoms with Crippen molar-refractivity contribution in [2.45, 2.75) is 12.2 Å². The highest BCUT2D eigenvalue weighted by Gasteiger charge is 2.27. The Labute approximate surface area is 154 Å². The van der Waals surface area contributed by atoms with Gasteiger partial charge in [0.05, 0.1) is 16.5 Å². The lowest BCUT2D eigenvalue weighted by Crippen LogP contribution is -2.33. The Morgan fingerprint density at radius 2 is 2.17 bits per heavy atom. The Bertz CT molecular complexity index is 879. The van der Waals surface area contributed by atoms with E-state index in [1.807, 2.05) is 0 Å². The van der Waals surface area contributed by atoms with Gasteiger partial charge in [-0.3, -0.25) is 4.79 Å². The van der Waals surface area contributed by atoms with Gasteiger partial charge in [-0.1, -0.05) is 29.3 Å². The molecule has 2 aromatic rings. The van der Waals surface area contributed by atoms with Gasteiger partial charge in [-0.05, 0) is 25.1 Å². The molecule has 1 heterocycles. The number of carbonyl (C=O) groups is 1. The van der Waals surface area contributed by atoms with Crippen molar-refractivity contribution >= 4 is 55.4 Å². The minimum Gasteiger partial charge on any atom is -0.301 e. The maximum Gasteiger partial charge on any atom is 0.244 e. The maximum atomic E-state index is 12.1. The molecule has 0 saturated carbocycles. The van der Waals surface area contributed by atoms with E-state index >= 15 is 0 Å². The second-order valence-corrected chi connectivity index (χ2v) is 8.98. The molecular weight excluding hydrogens is 391 g/mol. The molecule has 0 fully saturated rings. The molecule has 5 nitrogen and oxygen atoms in total. The zero-order valence-corrected chi connectivity index (χ0v) is 15.8. The highest BCUT2D eigenvalue weighted by atomic mass is 35.5. The number of anilines is 1. The summed E-state index contributed by atoms with van der Waals surface area (Å²) in [4.78, 5) is 16.4. The SMILES string of the molecule is C=CCS(=O)(=O)C(C)C(=O)Nc1nc(-c2ccc(Cl)cc2Cl)cs1. The highest BCUT2D eigenvalue weighted by molar-refractivity contribution is 7.92.